The smallest absolute Gasteiger partial charge is 0.346 e. The lowest BCUT2D eigenvalue weighted by molar-refractivity contribution is 0.0473. The van der Waals surface area contributed by atoms with Crippen LogP contribution in [-0.4, -0.2) is 11.1 Å². The largest absolute Gasteiger partial charge is 0.457 e. The number of carbonyl (C=O) groups excluding carboxylic acids is 1. The molecular weight excluding hydrogens is 300 g/mol. The molecule has 0 bridgehead atoms. The van der Waals surface area contributed by atoms with Gasteiger partial charge in [0, 0.05) is 4.47 Å². The number of aromatic nitrogens is 1. The first kappa shape index (κ1) is 12.6. The molecule has 0 spiro atoms. The number of benzene rings is 1. The van der Waals surface area contributed by atoms with E-state index in [-0.39, 0.29) is 18.1 Å². The molecule has 0 radical (unpaired) electrons. The molecule has 1 aromatic heterocycles. The van der Waals surface area contributed by atoms with Gasteiger partial charge in [-0.15, -0.1) is 0 Å². The van der Waals surface area contributed by atoms with Gasteiger partial charge in [-0.1, -0.05) is 33.2 Å². The molecule has 1 heterocycles. The van der Waals surface area contributed by atoms with Gasteiger partial charge in [0.15, 0.2) is 0 Å². The van der Waals surface area contributed by atoms with E-state index in [1.54, 1.807) is 6.92 Å². The zero-order valence-electron chi connectivity index (χ0n) is 9.64. The first-order valence-corrected chi connectivity index (χ1v) is 6.00. The normalized spacial score (nSPS) is 10.3. The van der Waals surface area contributed by atoms with Gasteiger partial charge < -0.3 is 15.0 Å². The average Bonchev–Trinajstić information content (AvgIpc) is 2.68. The topological polar surface area (TPSA) is 78.4 Å². The lowest BCUT2D eigenvalue weighted by Gasteiger charge is -2.04. The summed E-state index contributed by atoms with van der Waals surface area (Å²) in [5, 5.41) is 3.60. The van der Waals surface area contributed by atoms with Crippen molar-refractivity contribution in [2.45, 2.75) is 13.5 Å². The van der Waals surface area contributed by atoms with Crippen molar-refractivity contribution in [1.82, 2.24) is 5.16 Å². The molecule has 0 amide bonds. The summed E-state index contributed by atoms with van der Waals surface area (Å²) in [4.78, 5) is 11.8. The number of anilines is 1. The summed E-state index contributed by atoms with van der Waals surface area (Å²) in [5.41, 5.74) is 6.99. The van der Waals surface area contributed by atoms with Gasteiger partial charge in [0.1, 0.15) is 12.2 Å². The Morgan fingerprint density at radius 2 is 2.11 bits per heavy atom. The maximum absolute atomic E-state index is 11.8. The van der Waals surface area contributed by atoms with Gasteiger partial charge in [0.25, 0.3) is 0 Å². The molecule has 0 atom stereocenters. The van der Waals surface area contributed by atoms with E-state index in [9.17, 15) is 4.79 Å². The van der Waals surface area contributed by atoms with Crippen LogP contribution in [0.4, 0.5) is 5.88 Å². The number of nitrogen functional groups attached to an aromatic ring is 1. The monoisotopic (exact) mass is 310 g/mol. The molecule has 6 heteroatoms. The minimum Gasteiger partial charge on any atom is -0.457 e. The molecule has 2 aromatic rings. The zero-order chi connectivity index (χ0) is 13.1. The quantitative estimate of drug-likeness (QED) is 0.882. The Morgan fingerprint density at radius 3 is 2.67 bits per heavy atom. The van der Waals surface area contributed by atoms with E-state index in [1.807, 2.05) is 24.3 Å². The Labute approximate surface area is 112 Å². The van der Waals surface area contributed by atoms with E-state index in [4.69, 9.17) is 15.0 Å². The number of nitrogens with two attached hydrogens (primary N) is 1. The Bertz CT molecular complexity index is 544. The summed E-state index contributed by atoms with van der Waals surface area (Å²) in [7, 11) is 0. The zero-order valence-corrected chi connectivity index (χ0v) is 11.2. The van der Waals surface area contributed by atoms with E-state index >= 15 is 0 Å². The minimum atomic E-state index is -0.533. The molecule has 1 aromatic carbocycles. The van der Waals surface area contributed by atoms with Crippen LogP contribution in [0, 0.1) is 6.92 Å². The molecule has 5 nitrogen and oxygen atoms in total. The van der Waals surface area contributed by atoms with Crippen LogP contribution in [0.5, 0.6) is 0 Å². The second kappa shape index (κ2) is 5.22. The molecule has 2 rings (SSSR count). The van der Waals surface area contributed by atoms with Gasteiger partial charge in [-0.2, -0.15) is 0 Å². The number of rotatable bonds is 3. The van der Waals surface area contributed by atoms with Crippen LogP contribution >= 0.6 is 15.9 Å². The Balaban J connectivity index is 2.03. The summed E-state index contributed by atoms with van der Waals surface area (Å²) in [6, 6.07) is 7.48. The lowest BCUT2D eigenvalue weighted by atomic mass is 10.2. The maximum Gasteiger partial charge on any atom is 0.346 e. The van der Waals surface area contributed by atoms with Crippen molar-refractivity contribution in [3.05, 3.63) is 45.6 Å². The number of carbonyl (C=O) groups is 1. The number of nitrogens with zero attached hydrogens (tertiary/aromatic N) is 1. The predicted molar refractivity (Wildman–Crippen MR) is 68.9 cm³/mol. The SMILES string of the molecule is Cc1noc(N)c1C(=O)OCc1ccc(Br)cc1. The number of aryl methyl sites for hydroxylation is 1. The molecule has 0 aliphatic carbocycles. The van der Waals surface area contributed by atoms with Gasteiger partial charge >= 0.3 is 5.97 Å². The number of esters is 1. The van der Waals surface area contributed by atoms with Crippen molar-refractivity contribution in [1.29, 1.82) is 0 Å². The summed E-state index contributed by atoms with van der Waals surface area (Å²) in [5.74, 6) is -0.553. The second-order valence-electron chi connectivity index (χ2n) is 3.71. The third-order valence-electron chi connectivity index (χ3n) is 2.38. The Kier molecular flexibility index (Phi) is 3.66. The number of hydrogen-bond acceptors (Lipinski definition) is 5. The van der Waals surface area contributed by atoms with E-state index in [2.05, 4.69) is 21.1 Å². The van der Waals surface area contributed by atoms with Crippen LogP contribution in [0.25, 0.3) is 0 Å². The molecule has 0 aliphatic heterocycles. The highest BCUT2D eigenvalue weighted by Gasteiger charge is 2.19. The summed E-state index contributed by atoms with van der Waals surface area (Å²) >= 11 is 3.33. The molecule has 18 heavy (non-hydrogen) atoms. The average molecular weight is 311 g/mol. The molecule has 94 valence electrons. The van der Waals surface area contributed by atoms with Gasteiger partial charge in [-0.25, -0.2) is 4.79 Å². The van der Waals surface area contributed by atoms with Crippen LogP contribution in [0.15, 0.2) is 33.3 Å². The summed E-state index contributed by atoms with van der Waals surface area (Å²) in [6.45, 7) is 1.81. The third-order valence-corrected chi connectivity index (χ3v) is 2.91. The predicted octanol–water partition coefficient (Wildman–Crippen LogP) is 2.68. The summed E-state index contributed by atoms with van der Waals surface area (Å²) < 4.78 is 10.8. The fourth-order valence-corrected chi connectivity index (χ4v) is 1.70. The van der Waals surface area contributed by atoms with Crippen LogP contribution in [0.1, 0.15) is 21.6 Å². The van der Waals surface area contributed by atoms with E-state index in [0.717, 1.165) is 10.0 Å². The lowest BCUT2D eigenvalue weighted by Crippen LogP contribution is -2.08. The third kappa shape index (κ3) is 2.70. The first-order chi connectivity index (χ1) is 8.58. The van der Waals surface area contributed by atoms with E-state index < -0.39 is 5.97 Å². The molecule has 0 saturated heterocycles. The van der Waals surface area contributed by atoms with Crippen LogP contribution < -0.4 is 5.73 Å². The minimum absolute atomic E-state index is 0.0201. The van der Waals surface area contributed by atoms with Crippen LogP contribution in [-0.2, 0) is 11.3 Å². The fraction of sp³-hybridized carbons (Fsp3) is 0.167. The first-order valence-electron chi connectivity index (χ1n) is 5.21. The molecule has 0 aliphatic rings. The Morgan fingerprint density at radius 1 is 1.44 bits per heavy atom. The van der Waals surface area contributed by atoms with Gasteiger partial charge in [0.2, 0.25) is 5.88 Å². The molecule has 0 fully saturated rings. The highest BCUT2D eigenvalue weighted by atomic mass is 79.9. The Hall–Kier alpha value is -1.82. The molecule has 0 unspecified atom stereocenters. The number of halogens is 1. The maximum atomic E-state index is 11.8. The van der Waals surface area contributed by atoms with Gasteiger partial charge in [-0.05, 0) is 24.6 Å². The van der Waals surface area contributed by atoms with Crippen molar-refractivity contribution < 1.29 is 14.1 Å². The van der Waals surface area contributed by atoms with Crippen molar-refractivity contribution in [3.63, 3.8) is 0 Å². The van der Waals surface area contributed by atoms with E-state index in [0.29, 0.717) is 5.69 Å². The molecule has 0 saturated carbocycles. The van der Waals surface area contributed by atoms with Crippen molar-refractivity contribution >= 4 is 27.8 Å². The van der Waals surface area contributed by atoms with Gasteiger partial charge in [-0.3, -0.25) is 0 Å². The molecular formula is C12H11BrN2O3. The van der Waals surface area contributed by atoms with Crippen molar-refractivity contribution in [3.8, 4) is 0 Å². The van der Waals surface area contributed by atoms with Crippen LogP contribution in [0.2, 0.25) is 0 Å². The highest BCUT2D eigenvalue weighted by Crippen LogP contribution is 2.18. The number of hydrogen-bond donors (Lipinski definition) is 1. The summed E-state index contributed by atoms with van der Waals surface area (Å²) in [6.07, 6.45) is 0. The fourth-order valence-electron chi connectivity index (χ4n) is 1.44. The standard InChI is InChI=1S/C12H11BrN2O3/c1-7-10(11(14)18-15-7)12(16)17-6-8-2-4-9(13)5-3-8/h2-5H,6,14H2,1H3. The molecule has 2 N–H and O–H groups in total. The van der Waals surface area contributed by atoms with Crippen LogP contribution in [0.3, 0.4) is 0 Å². The van der Waals surface area contributed by atoms with Crippen molar-refractivity contribution in [2.24, 2.45) is 0 Å². The van der Waals surface area contributed by atoms with Gasteiger partial charge in [0.05, 0.1) is 5.69 Å². The van der Waals surface area contributed by atoms with Crippen molar-refractivity contribution in [2.75, 3.05) is 5.73 Å². The number of ether oxygens (including phenoxy) is 1. The highest BCUT2D eigenvalue weighted by molar-refractivity contribution is 9.10. The van der Waals surface area contributed by atoms with E-state index in [1.165, 1.54) is 0 Å². The second-order valence-corrected chi connectivity index (χ2v) is 4.63.